The van der Waals surface area contributed by atoms with Crippen LogP contribution in [0.4, 0.5) is 10.3 Å². The third-order valence-electron chi connectivity index (χ3n) is 6.95. The van der Waals surface area contributed by atoms with Crippen LogP contribution in [0.2, 0.25) is 0 Å². The summed E-state index contributed by atoms with van der Waals surface area (Å²) < 4.78 is 32.6. The fourth-order valence-electron chi connectivity index (χ4n) is 4.78. The van der Waals surface area contributed by atoms with E-state index >= 15 is 0 Å². The van der Waals surface area contributed by atoms with Gasteiger partial charge in [0, 0.05) is 24.8 Å². The van der Waals surface area contributed by atoms with Crippen molar-refractivity contribution in [3.05, 3.63) is 132 Å². The van der Waals surface area contributed by atoms with Crippen molar-refractivity contribution in [1.82, 2.24) is 14.4 Å². The predicted octanol–water partition coefficient (Wildman–Crippen LogP) is 7.55. The molecular formula is C34H29FN4O3. The number of benzene rings is 4. The zero-order valence-corrected chi connectivity index (χ0v) is 23.3. The number of aromatic nitrogens is 3. The molecule has 0 unspecified atom stereocenters. The first-order valence-electron chi connectivity index (χ1n) is 13.5. The molecule has 8 heteroatoms. The van der Waals surface area contributed by atoms with E-state index in [4.69, 9.17) is 24.2 Å². The molecule has 0 aliphatic heterocycles. The highest BCUT2D eigenvalue weighted by molar-refractivity contribution is 5.66. The number of nitrogens with zero attached hydrogens (tertiary/aromatic N) is 4. The molecule has 6 aromatic rings. The van der Waals surface area contributed by atoms with Crippen LogP contribution < -0.4 is 19.1 Å². The Morgan fingerprint density at radius 3 is 1.88 bits per heavy atom. The number of rotatable bonds is 10. The molecule has 0 fully saturated rings. The van der Waals surface area contributed by atoms with E-state index in [-0.39, 0.29) is 5.75 Å². The third kappa shape index (κ3) is 5.74. The molecule has 0 aliphatic rings. The van der Waals surface area contributed by atoms with Crippen molar-refractivity contribution in [2.45, 2.75) is 13.1 Å². The van der Waals surface area contributed by atoms with Gasteiger partial charge in [-0.15, -0.1) is 0 Å². The van der Waals surface area contributed by atoms with Gasteiger partial charge in [0.2, 0.25) is 5.95 Å². The van der Waals surface area contributed by atoms with Crippen LogP contribution in [-0.2, 0) is 13.1 Å². The fourth-order valence-corrected chi connectivity index (χ4v) is 4.78. The summed E-state index contributed by atoms with van der Waals surface area (Å²) in [6, 6.07) is 31.8. The summed E-state index contributed by atoms with van der Waals surface area (Å²) in [5.74, 6) is 3.39. The van der Waals surface area contributed by atoms with Gasteiger partial charge in [-0.05, 0) is 77.9 Å². The van der Waals surface area contributed by atoms with Crippen LogP contribution >= 0.6 is 0 Å². The maximum atomic E-state index is 14.1. The molecular weight excluding hydrogens is 531 g/mol. The Bertz CT molecular complexity index is 1740. The molecule has 0 aliphatic carbocycles. The van der Waals surface area contributed by atoms with Crippen molar-refractivity contribution in [2.24, 2.45) is 0 Å². The second-order valence-corrected chi connectivity index (χ2v) is 9.70. The van der Waals surface area contributed by atoms with Gasteiger partial charge in [0.05, 0.1) is 25.9 Å². The second kappa shape index (κ2) is 12.0. The Kier molecular flexibility index (Phi) is 7.68. The van der Waals surface area contributed by atoms with E-state index in [1.807, 2.05) is 60.8 Å². The molecule has 42 heavy (non-hydrogen) atoms. The zero-order chi connectivity index (χ0) is 28.9. The average Bonchev–Trinajstić information content (AvgIpc) is 3.47. The standard InChI is InChI=1S/C34H29FN4O3/c1-40-28-13-7-24(8-14-28)22-38(23-25-9-15-29(41-2)16-10-25)34-36-20-19-27-21-37-33(39(27)34)26-11-17-30(18-12-26)42-32-6-4-3-5-31(32)35/h3-21H,22-23H2,1-2H3. The minimum Gasteiger partial charge on any atom is -0.497 e. The molecule has 0 saturated carbocycles. The van der Waals surface area contributed by atoms with Crippen LogP contribution in [0, 0.1) is 5.82 Å². The fraction of sp³-hybridized carbons (Fsp3) is 0.118. The van der Waals surface area contributed by atoms with E-state index in [0.29, 0.717) is 18.8 Å². The summed E-state index contributed by atoms with van der Waals surface area (Å²) in [7, 11) is 3.32. The predicted molar refractivity (Wildman–Crippen MR) is 161 cm³/mol. The van der Waals surface area contributed by atoms with Gasteiger partial charge < -0.3 is 19.1 Å². The smallest absolute Gasteiger partial charge is 0.212 e. The highest BCUT2D eigenvalue weighted by Crippen LogP contribution is 2.30. The van der Waals surface area contributed by atoms with Crippen molar-refractivity contribution >= 4 is 11.5 Å². The number of fused-ring (bicyclic) bond motifs is 1. The monoisotopic (exact) mass is 560 g/mol. The number of imidazole rings is 1. The third-order valence-corrected chi connectivity index (χ3v) is 6.95. The summed E-state index contributed by atoms with van der Waals surface area (Å²) in [4.78, 5) is 11.8. The molecule has 0 bridgehead atoms. The molecule has 4 aromatic carbocycles. The van der Waals surface area contributed by atoms with Crippen LogP contribution in [-0.4, -0.2) is 28.6 Å². The molecule has 0 atom stereocenters. The number of hydrogen-bond acceptors (Lipinski definition) is 6. The molecule has 7 nitrogen and oxygen atoms in total. The zero-order valence-electron chi connectivity index (χ0n) is 23.3. The molecule has 0 saturated heterocycles. The average molecular weight is 561 g/mol. The Balaban J connectivity index is 1.37. The van der Waals surface area contributed by atoms with E-state index in [2.05, 4.69) is 33.6 Å². The highest BCUT2D eigenvalue weighted by atomic mass is 19.1. The van der Waals surface area contributed by atoms with Crippen molar-refractivity contribution < 1.29 is 18.6 Å². The van der Waals surface area contributed by atoms with Crippen molar-refractivity contribution in [3.63, 3.8) is 0 Å². The largest absolute Gasteiger partial charge is 0.497 e. The van der Waals surface area contributed by atoms with Gasteiger partial charge in [-0.1, -0.05) is 36.4 Å². The summed E-state index contributed by atoms with van der Waals surface area (Å²) in [6.45, 7) is 1.21. The first kappa shape index (κ1) is 26.8. The second-order valence-electron chi connectivity index (χ2n) is 9.70. The lowest BCUT2D eigenvalue weighted by atomic mass is 10.1. The van der Waals surface area contributed by atoms with E-state index in [1.165, 1.54) is 6.07 Å². The SMILES string of the molecule is COc1ccc(CN(Cc2ccc(OC)cc2)c2nccc3cnc(-c4ccc(Oc5ccccc5F)cc4)n23)cc1. The summed E-state index contributed by atoms with van der Waals surface area (Å²) in [6.07, 6.45) is 3.64. The van der Waals surface area contributed by atoms with E-state index < -0.39 is 5.82 Å². The quantitative estimate of drug-likeness (QED) is 0.172. The molecule has 210 valence electrons. The Labute approximate surface area is 243 Å². The topological polar surface area (TPSA) is 61.1 Å². The Hall–Kier alpha value is -5.37. The van der Waals surface area contributed by atoms with Crippen LogP contribution in [0.25, 0.3) is 16.9 Å². The van der Waals surface area contributed by atoms with E-state index in [9.17, 15) is 4.39 Å². The van der Waals surface area contributed by atoms with Gasteiger partial charge in [0.25, 0.3) is 0 Å². The Morgan fingerprint density at radius 2 is 1.29 bits per heavy atom. The van der Waals surface area contributed by atoms with Crippen LogP contribution in [0.3, 0.4) is 0 Å². The van der Waals surface area contributed by atoms with Crippen molar-refractivity contribution in [2.75, 3.05) is 19.1 Å². The first-order valence-corrected chi connectivity index (χ1v) is 13.5. The molecule has 0 N–H and O–H groups in total. The maximum absolute atomic E-state index is 14.1. The number of methoxy groups -OCH3 is 2. The van der Waals surface area contributed by atoms with E-state index in [0.717, 1.165) is 45.5 Å². The first-order chi connectivity index (χ1) is 20.6. The number of ether oxygens (including phenoxy) is 3. The van der Waals surface area contributed by atoms with Crippen LogP contribution in [0.1, 0.15) is 11.1 Å². The minimum absolute atomic E-state index is 0.177. The van der Waals surface area contributed by atoms with Gasteiger partial charge in [0.1, 0.15) is 23.1 Å². The molecule has 0 spiro atoms. The molecule has 0 amide bonds. The number of para-hydroxylation sites is 1. The Morgan fingerprint density at radius 1 is 0.690 bits per heavy atom. The molecule has 2 aromatic heterocycles. The number of halogens is 1. The minimum atomic E-state index is -0.412. The molecule has 6 rings (SSSR count). The molecule has 2 heterocycles. The molecule has 0 radical (unpaired) electrons. The van der Waals surface area contributed by atoms with Gasteiger partial charge in [-0.3, -0.25) is 4.40 Å². The summed E-state index contributed by atoms with van der Waals surface area (Å²) >= 11 is 0. The van der Waals surface area contributed by atoms with E-state index in [1.54, 1.807) is 38.6 Å². The highest BCUT2D eigenvalue weighted by Gasteiger charge is 2.18. The van der Waals surface area contributed by atoms with Crippen LogP contribution in [0.15, 0.2) is 116 Å². The van der Waals surface area contributed by atoms with Gasteiger partial charge in [-0.2, -0.15) is 0 Å². The number of anilines is 1. The van der Waals surface area contributed by atoms with Crippen LogP contribution in [0.5, 0.6) is 23.0 Å². The number of hydrogen-bond donors (Lipinski definition) is 0. The lowest BCUT2D eigenvalue weighted by Gasteiger charge is -2.25. The maximum Gasteiger partial charge on any atom is 0.212 e. The lowest BCUT2D eigenvalue weighted by molar-refractivity contribution is 0.414. The summed E-state index contributed by atoms with van der Waals surface area (Å²) in [5, 5.41) is 0. The lowest BCUT2D eigenvalue weighted by Crippen LogP contribution is -2.25. The normalized spacial score (nSPS) is 10.9. The van der Waals surface area contributed by atoms with Gasteiger partial charge in [0.15, 0.2) is 11.6 Å². The summed E-state index contributed by atoms with van der Waals surface area (Å²) in [5.41, 5.74) is 4.01. The van der Waals surface area contributed by atoms with Gasteiger partial charge in [-0.25, -0.2) is 14.4 Å². The van der Waals surface area contributed by atoms with Crippen molar-refractivity contribution in [1.29, 1.82) is 0 Å². The van der Waals surface area contributed by atoms with Crippen molar-refractivity contribution in [3.8, 4) is 34.4 Å². The van der Waals surface area contributed by atoms with Gasteiger partial charge >= 0.3 is 0 Å².